The monoisotopic (exact) mass is 455 g/mol. The van der Waals surface area contributed by atoms with Gasteiger partial charge in [0.15, 0.2) is 0 Å². The van der Waals surface area contributed by atoms with Crippen molar-refractivity contribution in [3.63, 3.8) is 0 Å². The van der Waals surface area contributed by atoms with Gasteiger partial charge < -0.3 is 24.6 Å². The quantitative estimate of drug-likeness (QED) is 0.487. The van der Waals surface area contributed by atoms with Crippen molar-refractivity contribution in [3.05, 3.63) is 35.9 Å². The summed E-state index contributed by atoms with van der Waals surface area (Å²) >= 11 is 16.4. The fraction of sp³-hybridized carbons (Fsp3) is 0.471. The van der Waals surface area contributed by atoms with Crippen molar-refractivity contribution in [3.8, 4) is 0 Å². The van der Waals surface area contributed by atoms with E-state index in [9.17, 15) is 19.5 Å². The van der Waals surface area contributed by atoms with E-state index in [0.29, 0.717) is 5.56 Å². The number of hydrogen-bond donors (Lipinski definition) is 2. The molecule has 0 aliphatic carbocycles. The van der Waals surface area contributed by atoms with Crippen LogP contribution in [0.2, 0.25) is 0 Å². The molecule has 2 atom stereocenters. The maximum absolute atomic E-state index is 12.2. The topological polar surface area (TPSA) is 111 Å². The zero-order valence-electron chi connectivity index (χ0n) is 15.3. The van der Waals surface area contributed by atoms with Crippen LogP contribution in [0.4, 0.5) is 9.59 Å². The lowest BCUT2D eigenvalue weighted by Crippen LogP contribution is -2.44. The van der Waals surface area contributed by atoms with Crippen molar-refractivity contribution in [1.29, 1.82) is 0 Å². The molecular formula is C17H20Cl3NO7. The molecule has 0 aromatic heterocycles. The van der Waals surface area contributed by atoms with E-state index in [-0.39, 0.29) is 0 Å². The summed E-state index contributed by atoms with van der Waals surface area (Å²) in [5.74, 6) is -1.53. The molecule has 0 saturated carbocycles. The van der Waals surface area contributed by atoms with Crippen LogP contribution in [0.5, 0.6) is 0 Å². The molecule has 11 heteroatoms. The van der Waals surface area contributed by atoms with Crippen LogP contribution in [0.1, 0.15) is 32.4 Å². The number of amides is 1. The number of carboxylic acid groups (broad SMARTS) is 1. The van der Waals surface area contributed by atoms with Crippen molar-refractivity contribution in [2.24, 2.45) is 0 Å². The molecule has 1 aromatic rings. The van der Waals surface area contributed by atoms with Gasteiger partial charge in [-0.2, -0.15) is 0 Å². The fourth-order valence-corrected chi connectivity index (χ4v) is 2.13. The number of alkyl carbamates (subject to hydrolysis) is 1. The second-order valence-electron chi connectivity index (χ2n) is 6.57. The largest absolute Gasteiger partial charge is 0.509 e. The standard InChI is InChI=1S/C17H20Cl3NO7/c1-16(2,3)28-14(24)21-11(10-7-5-4-6-8-10)12(13(22)23)27-15(25)26-9-17(18,19)20/h4-8,11-12H,9H2,1-3H3,(H,21,24)(H,22,23). The van der Waals surface area contributed by atoms with Crippen LogP contribution >= 0.6 is 34.8 Å². The molecule has 0 aliphatic rings. The van der Waals surface area contributed by atoms with Gasteiger partial charge in [-0.05, 0) is 26.3 Å². The van der Waals surface area contributed by atoms with E-state index >= 15 is 0 Å². The summed E-state index contributed by atoms with van der Waals surface area (Å²) in [6.07, 6.45) is -4.12. The molecule has 0 fully saturated rings. The van der Waals surface area contributed by atoms with Gasteiger partial charge in [0, 0.05) is 0 Å². The van der Waals surface area contributed by atoms with Crippen LogP contribution in [-0.2, 0) is 19.0 Å². The van der Waals surface area contributed by atoms with Gasteiger partial charge in [-0.1, -0.05) is 65.1 Å². The summed E-state index contributed by atoms with van der Waals surface area (Å²) in [5.41, 5.74) is -0.469. The second-order valence-corrected chi connectivity index (χ2v) is 9.08. The van der Waals surface area contributed by atoms with E-state index in [0.717, 1.165) is 0 Å². The summed E-state index contributed by atoms with van der Waals surface area (Å²) in [6, 6.07) is 6.77. The zero-order valence-corrected chi connectivity index (χ0v) is 17.5. The first-order chi connectivity index (χ1) is 12.8. The molecule has 1 amide bonds. The van der Waals surface area contributed by atoms with Gasteiger partial charge >= 0.3 is 18.2 Å². The lowest BCUT2D eigenvalue weighted by Gasteiger charge is -2.27. The molecule has 8 nitrogen and oxygen atoms in total. The molecule has 1 aromatic carbocycles. The minimum absolute atomic E-state index is 0.356. The number of carboxylic acids is 1. The third-order valence-corrected chi connectivity index (χ3v) is 3.28. The lowest BCUT2D eigenvalue weighted by atomic mass is 10.0. The Morgan fingerprint density at radius 2 is 1.68 bits per heavy atom. The third kappa shape index (κ3) is 9.34. The normalized spacial score (nSPS) is 13.8. The minimum atomic E-state index is -1.90. The Labute approximate surface area is 177 Å². The zero-order chi connectivity index (χ0) is 21.5. The Morgan fingerprint density at radius 1 is 1.11 bits per heavy atom. The van der Waals surface area contributed by atoms with Crippen LogP contribution in [0.3, 0.4) is 0 Å². The maximum atomic E-state index is 12.2. The first-order valence-electron chi connectivity index (χ1n) is 7.96. The number of ether oxygens (including phenoxy) is 3. The summed E-state index contributed by atoms with van der Waals surface area (Å²) < 4.78 is 12.7. The molecule has 28 heavy (non-hydrogen) atoms. The van der Waals surface area contributed by atoms with Crippen molar-refractivity contribution in [1.82, 2.24) is 5.32 Å². The van der Waals surface area contributed by atoms with E-state index < -0.39 is 46.4 Å². The molecule has 2 unspecified atom stereocenters. The van der Waals surface area contributed by atoms with E-state index in [4.69, 9.17) is 44.3 Å². The molecule has 0 spiro atoms. The van der Waals surface area contributed by atoms with Gasteiger partial charge in [-0.15, -0.1) is 0 Å². The predicted molar refractivity (Wildman–Crippen MR) is 103 cm³/mol. The molecular weight excluding hydrogens is 437 g/mol. The number of halogens is 3. The van der Waals surface area contributed by atoms with E-state index in [1.165, 1.54) is 0 Å². The summed E-state index contributed by atoms with van der Waals surface area (Å²) in [7, 11) is 0. The number of aliphatic carboxylic acids is 1. The van der Waals surface area contributed by atoms with Gasteiger partial charge in [0.05, 0.1) is 0 Å². The van der Waals surface area contributed by atoms with Crippen LogP contribution in [0.25, 0.3) is 0 Å². The number of rotatable bonds is 6. The Hall–Kier alpha value is -1.90. The molecule has 0 heterocycles. The van der Waals surface area contributed by atoms with Gasteiger partial charge in [0.1, 0.15) is 18.2 Å². The smallest absolute Gasteiger partial charge is 0.478 e. The lowest BCUT2D eigenvalue weighted by molar-refractivity contribution is -0.150. The number of carbonyl (C=O) groups excluding carboxylic acids is 2. The van der Waals surface area contributed by atoms with E-state index in [1.807, 2.05) is 0 Å². The number of benzene rings is 1. The van der Waals surface area contributed by atoms with Crippen LogP contribution in [0.15, 0.2) is 30.3 Å². The average Bonchev–Trinajstić information content (AvgIpc) is 2.54. The number of carbonyl (C=O) groups is 3. The van der Waals surface area contributed by atoms with Crippen molar-refractivity contribution in [2.45, 2.75) is 42.3 Å². The molecule has 0 bridgehead atoms. The molecule has 1 rings (SSSR count). The summed E-state index contributed by atoms with van der Waals surface area (Å²) in [5, 5.41) is 11.9. The van der Waals surface area contributed by atoms with Crippen LogP contribution in [0, 0.1) is 0 Å². The summed E-state index contributed by atoms with van der Waals surface area (Å²) in [4.78, 5) is 35.7. The van der Waals surface area contributed by atoms with Crippen molar-refractivity contribution >= 4 is 53.0 Å². The van der Waals surface area contributed by atoms with Crippen molar-refractivity contribution < 1.29 is 33.7 Å². The second kappa shape index (κ2) is 10.0. The Bertz CT molecular complexity index is 686. The van der Waals surface area contributed by atoms with Crippen LogP contribution in [-0.4, -0.2) is 45.4 Å². The fourth-order valence-electron chi connectivity index (χ4n) is 1.97. The molecule has 2 N–H and O–H groups in total. The van der Waals surface area contributed by atoms with E-state index in [2.05, 4.69) is 10.1 Å². The average molecular weight is 457 g/mol. The highest BCUT2D eigenvalue weighted by Crippen LogP contribution is 2.27. The van der Waals surface area contributed by atoms with Gasteiger partial charge in [0.25, 0.3) is 0 Å². The summed E-state index contributed by atoms with van der Waals surface area (Å²) in [6.45, 7) is 4.27. The van der Waals surface area contributed by atoms with Gasteiger partial charge in [-0.25, -0.2) is 14.4 Å². The first kappa shape index (κ1) is 24.1. The highest BCUT2D eigenvalue weighted by Gasteiger charge is 2.36. The first-order valence-corrected chi connectivity index (χ1v) is 9.09. The maximum Gasteiger partial charge on any atom is 0.509 e. The van der Waals surface area contributed by atoms with Gasteiger partial charge in [0.2, 0.25) is 9.90 Å². The number of hydrogen-bond acceptors (Lipinski definition) is 6. The Kier molecular flexibility index (Phi) is 8.66. The minimum Gasteiger partial charge on any atom is -0.478 e. The van der Waals surface area contributed by atoms with E-state index in [1.54, 1.807) is 51.1 Å². The third-order valence-electron chi connectivity index (χ3n) is 2.95. The SMILES string of the molecule is CC(C)(C)OC(=O)NC(c1ccccc1)C(OC(=O)OCC(Cl)(Cl)Cl)C(=O)O. The highest BCUT2D eigenvalue weighted by atomic mass is 35.6. The Morgan fingerprint density at radius 3 is 2.14 bits per heavy atom. The number of nitrogens with one attached hydrogen (secondary N) is 1. The molecule has 0 radical (unpaired) electrons. The van der Waals surface area contributed by atoms with Gasteiger partial charge in [-0.3, -0.25) is 0 Å². The number of alkyl halides is 3. The molecule has 0 aliphatic heterocycles. The van der Waals surface area contributed by atoms with Crippen LogP contribution < -0.4 is 5.32 Å². The Balaban J connectivity index is 3.04. The van der Waals surface area contributed by atoms with Crippen molar-refractivity contribution in [2.75, 3.05) is 6.61 Å². The molecule has 156 valence electrons. The highest BCUT2D eigenvalue weighted by molar-refractivity contribution is 6.67. The predicted octanol–water partition coefficient (Wildman–Crippen LogP) is 4.23. The molecule has 0 saturated heterocycles.